The molecule has 1 amide bonds. The molecule has 2 aromatic rings. The molecule has 0 aliphatic carbocycles. The van der Waals surface area contributed by atoms with Gasteiger partial charge in [0.2, 0.25) is 0 Å². The molecule has 6 nitrogen and oxygen atoms in total. The molecule has 3 heterocycles. The Bertz CT molecular complexity index is 708. The zero-order valence-electron chi connectivity index (χ0n) is 13.5. The van der Waals surface area contributed by atoms with Crippen molar-refractivity contribution >= 4 is 5.91 Å². The van der Waals surface area contributed by atoms with Crippen LogP contribution in [0.25, 0.3) is 0 Å². The third-order valence-corrected chi connectivity index (χ3v) is 4.63. The van der Waals surface area contributed by atoms with Crippen molar-refractivity contribution in [2.45, 2.75) is 38.2 Å². The van der Waals surface area contributed by atoms with Gasteiger partial charge in [-0.3, -0.25) is 4.79 Å². The van der Waals surface area contributed by atoms with Gasteiger partial charge in [-0.1, -0.05) is 30.3 Å². The van der Waals surface area contributed by atoms with E-state index in [-0.39, 0.29) is 18.1 Å². The highest BCUT2D eigenvalue weighted by Crippen LogP contribution is 2.27. The molecule has 1 fully saturated rings. The molecule has 4 rings (SSSR count). The summed E-state index contributed by atoms with van der Waals surface area (Å²) in [5, 5.41) is 2.92. The van der Waals surface area contributed by atoms with Crippen LogP contribution in [0, 0.1) is 0 Å². The average Bonchev–Trinajstić information content (AvgIpc) is 3.29. The number of ether oxygens (including phenoxy) is 2. The number of benzene rings is 1. The van der Waals surface area contributed by atoms with Crippen LogP contribution in [0.4, 0.5) is 0 Å². The number of nitrogens with one attached hydrogen (secondary N) is 1. The van der Waals surface area contributed by atoms with Crippen molar-refractivity contribution < 1.29 is 14.3 Å². The van der Waals surface area contributed by atoms with Gasteiger partial charge in [0.25, 0.3) is 5.91 Å². The first-order valence-electron chi connectivity index (χ1n) is 8.41. The summed E-state index contributed by atoms with van der Waals surface area (Å²) in [4.78, 5) is 16.7. The van der Waals surface area contributed by atoms with Crippen molar-refractivity contribution in [2.24, 2.45) is 0 Å². The number of imidazole rings is 1. The maximum atomic E-state index is 12.4. The minimum Gasteiger partial charge on any atom is -0.376 e. The number of nitrogens with zero attached hydrogens (tertiary/aromatic N) is 2. The highest BCUT2D eigenvalue weighted by atomic mass is 16.5. The van der Waals surface area contributed by atoms with E-state index in [0.717, 1.165) is 30.7 Å². The summed E-state index contributed by atoms with van der Waals surface area (Å²) < 4.78 is 13.5. The summed E-state index contributed by atoms with van der Waals surface area (Å²) in [6, 6.07) is 10.1. The molecule has 1 aromatic heterocycles. The van der Waals surface area contributed by atoms with Crippen LogP contribution >= 0.6 is 0 Å². The second-order valence-corrected chi connectivity index (χ2v) is 6.25. The fourth-order valence-corrected chi connectivity index (χ4v) is 3.28. The number of fused-ring (bicyclic) bond motifs is 1. The lowest BCUT2D eigenvalue weighted by molar-refractivity contribution is 0.00256. The van der Waals surface area contributed by atoms with Crippen molar-refractivity contribution in [3.8, 4) is 0 Å². The molecule has 0 spiro atoms. The number of carbonyl (C=O) groups is 1. The van der Waals surface area contributed by atoms with Crippen LogP contribution in [-0.2, 0) is 22.6 Å². The van der Waals surface area contributed by atoms with Crippen molar-refractivity contribution in [2.75, 3.05) is 13.2 Å². The van der Waals surface area contributed by atoms with Crippen molar-refractivity contribution in [1.29, 1.82) is 0 Å². The lowest BCUT2D eigenvalue weighted by atomic mass is 10.1. The van der Waals surface area contributed by atoms with Gasteiger partial charge in [0, 0.05) is 13.2 Å². The third-order valence-electron chi connectivity index (χ3n) is 4.63. The number of aromatic nitrogens is 2. The van der Waals surface area contributed by atoms with E-state index in [9.17, 15) is 4.79 Å². The highest BCUT2D eigenvalue weighted by molar-refractivity contribution is 5.93. The molecule has 2 unspecified atom stereocenters. The standard InChI is InChI=1S/C18H21N3O3/c22-18(19-9-14-7-4-8-23-14)17-15-11-24-16(10-21(15)12-20-17)13-5-2-1-3-6-13/h1-3,5-6,12,14,16H,4,7-11H2,(H,19,22). The quantitative estimate of drug-likeness (QED) is 0.933. The van der Waals surface area contributed by atoms with Gasteiger partial charge in [0.1, 0.15) is 6.10 Å². The van der Waals surface area contributed by atoms with E-state index in [2.05, 4.69) is 22.4 Å². The maximum Gasteiger partial charge on any atom is 0.271 e. The van der Waals surface area contributed by atoms with Gasteiger partial charge in [-0.15, -0.1) is 0 Å². The number of hydrogen-bond donors (Lipinski definition) is 1. The van der Waals surface area contributed by atoms with Gasteiger partial charge in [0.15, 0.2) is 5.69 Å². The molecule has 0 saturated carbocycles. The predicted molar refractivity (Wildman–Crippen MR) is 87.5 cm³/mol. The second kappa shape index (κ2) is 6.75. The van der Waals surface area contributed by atoms with Gasteiger partial charge < -0.3 is 19.4 Å². The molecule has 1 N–H and O–H groups in total. The summed E-state index contributed by atoms with van der Waals surface area (Å²) in [5.74, 6) is -0.152. The van der Waals surface area contributed by atoms with Crippen LogP contribution < -0.4 is 5.32 Å². The molecule has 126 valence electrons. The molecular weight excluding hydrogens is 306 g/mol. The predicted octanol–water partition coefficient (Wildman–Crippen LogP) is 2.06. The average molecular weight is 327 g/mol. The first-order valence-corrected chi connectivity index (χ1v) is 8.41. The Morgan fingerprint density at radius 2 is 2.17 bits per heavy atom. The monoisotopic (exact) mass is 327 g/mol. The summed E-state index contributed by atoms with van der Waals surface area (Å²) >= 11 is 0. The lowest BCUT2D eigenvalue weighted by Crippen LogP contribution is -2.33. The Labute approximate surface area is 140 Å². The number of hydrogen-bond acceptors (Lipinski definition) is 4. The third kappa shape index (κ3) is 3.07. The normalized spacial score (nSPS) is 23.0. The number of rotatable bonds is 4. The summed E-state index contributed by atoms with van der Waals surface area (Å²) in [5.41, 5.74) is 2.44. The van der Waals surface area contributed by atoms with E-state index in [1.54, 1.807) is 6.33 Å². The zero-order chi connectivity index (χ0) is 16.4. The molecule has 1 aromatic carbocycles. The Hall–Kier alpha value is -2.18. The Morgan fingerprint density at radius 1 is 1.29 bits per heavy atom. The SMILES string of the molecule is O=C(NCC1CCCO1)c1ncn2c1COC(c1ccccc1)C2. The highest BCUT2D eigenvalue weighted by Gasteiger charge is 2.26. The molecule has 2 aliphatic heterocycles. The van der Waals surface area contributed by atoms with Crippen LogP contribution in [0.2, 0.25) is 0 Å². The summed E-state index contributed by atoms with van der Waals surface area (Å²) in [7, 11) is 0. The molecular formula is C18H21N3O3. The molecule has 24 heavy (non-hydrogen) atoms. The smallest absolute Gasteiger partial charge is 0.271 e. The Balaban J connectivity index is 1.43. The first-order chi connectivity index (χ1) is 11.8. The number of amides is 1. The molecule has 0 bridgehead atoms. The van der Waals surface area contributed by atoms with Crippen LogP contribution in [0.5, 0.6) is 0 Å². The second-order valence-electron chi connectivity index (χ2n) is 6.25. The minimum absolute atomic E-state index is 0.00398. The van der Waals surface area contributed by atoms with Crippen molar-refractivity contribution in [1.82, 2.24) is 14.9 Å². The Morgan fingerprint density at radius 3 is 2.96 bits per heavy atom. The topological polar surface area (TPSA) is 65.4 Å². The lowest BCUT2D eigenvalue weighted by Gasteiger charge is -2.25. The molecule has 1 saturated heterocycles. The van der Waals surface area contributed by atoms with Gasteiger partial charge in [0.05, 0.1) is 31.3 Å². The fraction of sp³-hybridized carbons (Fsp3) is 0.444. The molecule has 0 radical (unpaired) electrons. The van der Waals surface area contributed by atoms with Crippen LogP contribution in [-0.4, -0.2) is 34.7 Å². The van der Waals surface area contributed by atoms with Crippen molar-refractivity contribution in [3.63, 3.8) is 0 Å². The van der Waals surface area contributed by atoms with Crippen LogP contribution in [0.3, 0.4) is 0 Å². The summed E-state index contributed by atoms with van der Waals surface area (Å²) in [6.45, 7) is 2.39. The van der Waals surface area contributed by atoms with E-state index in [1.807, 2.05) is 22.8 Å². The van der Waals surface area contributed by atoms with Crippen molar-refractivity contribution in [3.05, 3.63) is 53.6 Å². The summed E-state index contributed by atoms with van der Waals surface area (Å²) in [6.07, 6.45) is 3.93. The minimum atomic E-state index is -0.152. The van der Waals surface area contributed by atoms with Crippen LogP contribution in [0.15, 0.2) is 36.7 Å². The zero-order valence-corrected chi connectivity index (χ0v) is 13.5. The molecule has 2 atom stereocenters. The van der Waals surface area contributed by atoms with E-state index in [0.29, 0.717) is 25.4 Å². The van der Waals surface area contributed by atoms with E-state index in [4.69, 9.17) is 9.47 Å². The van der Waals surface area contributed by atoms with Gasteiger partial charge in [-0.05, 0) is 18.4 Å². The Kier molecular flexibility index (Phi) is 4.32. The molecule has 6 heteroatoms. The fourth-order valence-electron chi connectivity index (χ4n) is 3.28. The largest absolute Gasteiger partial charge is 0.376 e. The van der Waals surface area contributed by atoms with E-state index in [1.165, 1.54) is 0 Å². The van der Waals surface area contributed by atoms with Gasteiger partial charge in [-0.25, -0.2) is 4.98 Å². The molecule has 2 aliphatic rings. The first kappa shape index (κ1) is 15.4. The van der Waals surface area contributed by atoms with E-state index < -0.39 is 0 Å². The van der Waals surface area contributed by atoms with Gasteiger partial charge >= 0.3 is 0 Å². The van der Waals surface area contributed by atoms with Gasteiger partial charge in [-0.2, -0.15) is 0 Å². The number of carbonyl (C=O) groups excluding carboxylic acids is 1. The maximum absolute atomic E-state index is 12.4. The van der Waals surface area contributed by atoms with E-state index >= 15 is 0 Å². The van der Waals surface area contributed by atoms with Crippen LogP contribution in [0.1, 0.15) is 40.7 Å².